The molecule has 6 nitrogen and oxygen atoms in total. The molecule has 1 unspecified atom stereocenters. The van der Waals surface area contributed by atoms with Crippen molar-refractivity contribution in [3.63, 3.8) is 0 Å². The molecule has 29 heavy (non-hydrogen) atoms. The third-order valence-corrected chi connectivity index (χ3v) is 9.24. The number of hydrogen-bond acceptors (Lipinski definition) is 5. The van der Waals surface area contributed by atoms with Crippen LogP contribution >= 0.6 is 10.7 Å². The van der Waals surface area contributed by atoms with Crippen molar-refractivity contribution < 1.29 is 34.7 Å². The number of ether oxygens (including phenoxy) is 1. The first-order chi connectivity index (χ1) is 13.2. The third-order valence-electron chi connectivity index (χ3n) is 5.51. The van der Waals surface area contributed by atoms with Crippen LogP contribution in [0.1, 0.15) is 31.0 Å². The van der Waals surface area contributed by atoms with Gasteiger partial charge in [-0.2, -0.15) is 13.2 Å². The van der Waals surface area contributed by atoms with E-state index in [-0.39, 0.29) is 36.3 Å². The third kappa shape index (κ3) is 3.61. The van der Waals surface area contributed by atoms with Crippen molar-refractivity contribution in [3.05, 3.63) is 41.4 Å². The fourth-order valence-electron chi connectivity index (χ4n) is 3.83. The van der Waals surface area contributed by atoms with Crippen LogP contribution in [0.4, 0.5) is 13.2 Å². The lowest BCUT2D eigenvalue weighted by atomic mass is 9.87. The van der Waals surface area contributed by atoms with E-state index < -0.39 is 47.2 Å². The summed E-state index contributed by atoms with van der Waals surface area (Å²) in [5.41, 5.74) is -0.189. The van der Waals surface area contributed by atoms with E-state index in [1.807, 2.05) is 0 Å². The average Bonchev–Trinajstić information content (AvgIpc) is 3.01. The van der Waals surface area contributed by atoms with Crippen LogP contribution in [0.3, 0.4) is 0 Å². The summed E-state index contributed by atoms with van der Waals surface area (Å²) in [4.78, 5) is -0.476. The van der Waals surface area contributed by atoms with Crippen molar-refractivity contribution in [3.8, 4) is 0 Å². The predicted molar refractivity (Wildman–Crippen MR) is 101 cm³/mol. The number of nitrogens with zero attached hydrogens (tertiary/aromatic N) is 1. The monoisotopic (exact) mass is 473 g/mol. The molecule has 1 heterocycles. The number of allylic oxidation sites excluding steroid dienone is 3. The highest BCUT2D eigenvalue weighted by Gasteiger charge is 2.49. The summed E-state index contributed by atoms with van der Waals surface area (Å²) in [5, 5.41) is 0. The second-order valence-corrected chi connectivity index (χ2v) is 12.0. The molecule has 0 bridgehead atoms. The molecule has 1 aromatic heterocycles. The SMILES string of the molecule is COC1=CC=CCC1(C)S(=O)(=O)n1cc(S(=O)(=O)Cl)c2c1C[C@@H](C(F)(F)F)CC2. The van der Waals surface area contributed by atoms with E-state index in [9.17, 15) is 30.0 Å². The second kappa shape index (κ2) is 7.05. The van der Waals surface area contributed by atoms with Crippen LogP contribution < -0.4 is 0 Å². The first-order valence-corrected chi connectivity index (χ1v) is 12.4. The Labute approximate surface area is 171 Å². The van der Waals surface area contributed by atoms with Crippen molar-refractivity contribution >= 4 is 29.8 Å². The summed E-state index contributed by atoms with van der Waals surface area (Å²) in [7, 11) is -2.01. The van der Waals surface area contributed by atoms with Crippen molar-refractivity contribution in [2.45, 2.75) is 48.4 Å². The van der Waals surface area contributed by atoms with Crippen LogP contribution in [-0.4, -0.2) is 38.8 Å². The highest BCUT2D eigenvalue weighted by molar-refractivity contribution is 8.13. The van der Waals surface area contributed by atoms with E-state index in [4.69, 9.17) is 15.4 Å². The Morgan fingerprint density at radius 2 is 1.93 bits per heavy atom. The smallest absolute Gasteiger partial charge is 0.392 e. The Kier molecular flexibility index (Phi) is 5.41. The standard InChI is InChI=1S/C17H19ClF3NO5S2/c1-16(8-4-3-5-15(16)27-2)29(25,26)22-10-14(28(18,23)24)12-7-6-11(9-13(12)22)17(19,20)21/h3-5,10-11H,6-9H2,1-2H3/t11-,16?/m0/s1. The van der Waals surface area contributed by atoms with Crippen LogP contribution in [0.25, 0.3) is 0 Å². The first-order valence-electron chi connectivity index (χ1n) is 8.64. The molecule has 0 radical (unpaired) electrons. The van der Waals surface area contributed by atoms with E-state index in [0.717, 1.165) is 6.20 Å². The van der Waals surface area contributed by atoms with Crippen molar-refractivity contribution in [2.75, 3.05) is 7.11 Å². The largest absolute Gasteiger partial charge is 0.499 e. The van der Waals surface area contributed by atoms with Gasteiger partial charge in [-0.15, -0.1) is 0 Å². The van der Waals surface area contributed by atoms with Crippen LogP contribution in [0.2, 0.25) is 0 Å². The molecule has 0 N–H and O–H groups in total. The van der Waals surface area contributed by atoms with E-state index in [1.54, 1.807) is 12.2 Å². The van der Waals surface area contributed by atoms with Gasteiger partial charge < -0.3 is 4.74 Å². The Morgan fingerprint density at radius 1 is 1.28 bits per heavy atom. The molecule has 0 saturated heterocycles. The number of rotatable bonds is 4. The zero-order valence-electron chi connectivity index (χ0n) is 15.5. The zero-order valence-corrected chi connectivity index (χ0v) is 17.9. The lowest BCUT2D eigenvalue weighted by Gasteiger charge is -2.33. The molecule has 12 heteroatoms. The fourth-order valence-corrected chi connectivity index (χ4v) is 6.91. The summed E-state index contributed by atoms with van der Waals surface area (Å²) in [6.45, 7) is 1.38. The number of alkyl halides is 3. The molecule has 1 aromatic rings. The minimum atomic E-state index is -4.54. The van der Waals surface area contributed by atoms with Crippen LogP contribution in [0, 0.1) is 5.92 Å². The van der Waals surface area contributed by atoms with Gasteiger partial charge in [0.2, 0.25) is 0 Å². The van der Waals surface area contributed by atoms with Gasteiger partial charge in [0.15, 0.2) is 0 Å². The Hall–Kier alpha value is -1.46. The Morgan fingerprint density at radius 3 is 2.48 bits per heavy atom. The molecule has 0 fully saturated rings. The first kappa shape index (κ1) is 22.2. The maximum Gasteiger partial charge on any atom is 0.392 e. The number of aromatic nitrogens is 1. The van der Waals surface area contributed by atoms with Gasteiger partial charge in [-0.25, -0.2) is 20.8 Å². The summed E-state index contributed by atoms with van der Waals surface area (Å²) >= 11 is 0. The molecular weight excluding hydrogens is 455 g/mol. The summed E-state index contributed by atoms with van der Waals surface area (Å²) in [5.74, 6) is -1.68. The van der Waals surface area contributed by atoms with Crippen LogP contribution in [0.5, 0.6) is 0 Å². The number of hydrogen-bond donors (Lipinski definition) is 0. The van der Waals surface area contributed by atoms with Crippen molar-refractivity contribution in [1.82, 2.24) is 3.97 Å². The molecule has 0 aromatic carbocycles. The highest BCUT2D eigenvalue weighted by atomic mass is 35.7. The Balaban J connectivity index is 2.24. The van der Waals surface area contributed by atoms with E-state index in [2.05, 4.69) is 0 Å². The quantitative estimate of drug-likeness (QED) is 0.625. The van der Waals surface area contributed by atoms with Crippen molar-refractivity contribution in [1.29, 1.82) is 0 Å². The van der Waals surface area contributed by atoms with E-state index in [1.165, 1.54) is 20.1 Å². The maximum atomic E-state index is 13.5. The average molecular weight is 474 g/mol. The topological polar surface area (TPSA) is 82.4 Å². The van der Waals surface area contributed by atoms with Gasteiger partial charge in [0.05, 0.1) is 13.0 Å². The molecule has 2 atom stereocenters. The molecule has 0 saturated carbocycles. The molecule has 0 spiro atoms. The lowest BCUT2D eigenvalue weighted by Crippen LogP contribution is -2.43. The van der Waals surface area contributed by atoms with Gasteiger partial charge in [-0.3, -0.25) is 0 Å². The summed E-state index contributed by atoms with van der Waals surface area (Å²) < 4.78 is 95.2. The normalized spacial score (nSPS) is 25.4. The van der Waals surface area contributed by atoms with Crippen molar-refractivity contribution in [2.24, 2.45) is 5.92 Å². The predicted octanol–water partition coefficient (Wildman–Crippen LogP) is 3.51. The molecule has 2 aliphatic carbocycles. The van der Waals surface area contributed by atoms with Crippen LogP contribution in [-0.2, 0) is 36.7 Å². The van der Waals surface area contributed by atoms with Crippen LogP contribution in [0.15, 0.2) is 35.1 Å². The van der Waals surface area contributed by atoms with Gasteiger partial charge in [-0.05, 0) is 37.8 Å². The van der Waals surface area contributed by atoms with Gasteiger partial charge in [0, 0.05) is 29.0 Å². The molecule has 2 aliphatic rings. The molecule has 162 valence electrons. The number of methoxy groups -OCH3 is 1. The van der Waals surface area contributed by atoms with Gasteiger partial charge in [0.25, 0.3) is 19.1 Å². The fraction of sp³-hybridized carbons (Fsp3) is 0.529. The van der Waals surface area contributed by atoms with Gasteiger partial charge >= 0.3 is 6.18 Å². The summed E-state index contributed by atoms with van der Waals surface area (Å²) in [6, 6.07) is 0. The summed E-state index contributed by atoms with van der Waals surface area (Å²) in [6.07, 6.45) is -0.298. The maximum absolute atomic E-state index is 13.5. The van der Waals surface area contributed by atoms with E-state index >= 15 is 0 Å². The van der Waals surface area contributed by atoms with Gasteiger partial charge in [-0.1, -0.05) is 12.2 Å². The Bertz CT molecular complexity index is 1100. The molecule has 0 aliphatic heterocycles. The second-order valence-electron chi connectivity index (χ2n) is 7.24. The number of halogens is 4. The zero-order chi connectivity index (χ0) is 21.8. The minimum Gasteiger partial charge on any atom is -0.499 e. The van der Waals surface area contributed by atoms with E-state index in [0.29, 0.717) is 3.97 Å². The lowest BCUT2D eigenvalue weighted by molar-refractivity contribution is -0.177. The number of fused-ring (bicyclic) bond motifs is 1. The van der Waals surface area contributed by atoms with Gasteiger partial charge in [0.1, 0.15) is 15.4 Å². The highest BCUT2D eigenvalue weighted by Crippen LogP contribution is 2.43. The minimum absolute atomic E-state index is 0.00756. The molecular formula is C17H19ClF3NO5S2. The molecule has 0 amide bonds. The molecule has 3 rings (SSSR count).